The van der Waals surface area contributed by atoms with Crippen LogP contribution in [0, 0.1) is 0 Å². The first kappa shape index (κ1) is 20.1. The number of nitrogens with zero attached hydrogens (tertiary/aromatic N) is 3. The summed E-state index contributed by atoms with van der Waals surface area (Å²) >= 11 is 1.23. The Labute approximate surface area is 168 Å². The number of methoxy groups -OCH3 is 2. The Morgan fingerprint density at radius 3 is 2.32 bits per heavy atom. The summed E-state index contributed by atoms with van der Waals surface area (Å²) < 4.78 is 10.4. The van der Waals surface area contributed by atoms with E-state index in [9.17, 15) is 9.59 Å². The van der Waals surface area contributed by atoms with Gasteiger partial charge in [0.25, 0.3) is 11.8 Å². The number of carbonyl (C=O) groups is 2. The molecule has 0 bridgehead atoms. The summed E-state index contributed by atoms with van der Waals surface area (Å²) in [5, 5.41) is 4.79. The second kappa shape index (κ2) is 9.03. The Bertz CT molecular complexity index is 824. The number of carbonyl (C=O) groups excluding carboxylic acids is 2. The molecule has 3 rings (SSSR count). The molecule has 150 valence electrons. The predicted octanol–water partition coefficient (Wildman–Crippen LogP) is 2.19. The number of benzene rings is 1. The molecular formula is C19H24N4O4S. The van der Waals surface area contributed by atoms with Crippen LogP contribution < -0.4 is 14.8 Å². The van der Waals surface area contributed by atoms with Crippen molar-refractivity contribution in [3.63, 3.8) is 0 Å². The van der Waals surface area contributed by atoms with Gasteiger partial charge in [0, 0.05) is 43.2 Å². The minimum Gasteiger partial charge on any atom is -0.497 e. The zero-order valence-electron chi connectivity index (χ0n) is 16.2. The number of anilines is 1. The number of piperazine rings is 1. The van der Waals surface area contributed by atoms with Gasteiger partial charge >= 0.3 is 0 Å². The number of hydrogen-bond acceptors (Lipinski definition) is 7. The molecule has 0 spiro atoms. The molecule has 1 fully saturated rings. The molecule has 1 aromatic carbocycles. The van der Waals surface area contributed by atoms with Gasteiger partial charge in [0.1, 0.15) is 17.2 Å². The fraction of sp³-hybridized carbons (Fsp3) is 0.421. The molecule has 1 saturated heterocycles. The van der Waals surface area contributed by atoms with Gasteiger partial charge < -0.3 is 19.3 Å². The zero-order chi connectivity index (χ0) is 20.1. The second-order valence-electron chi connectivity index (χ2n) is 6.32. The highest BCUT2D eigenvalue weighted by Gasteiger charge is 2.23. The van der Waals surface area contributed by atoms with Crippen LogP contribution in [0.5, 0.6) is 11.5 Å². The van der Waals surface area contributed by atoms with Crippen LogP contribution in [0.1, 0.15) is 27.8 Å². The highest BCUT2D eigenvalue weighted by atomic mass is 32.1. The van der Waals surface area contributed by atoms with Crippen LogP contribution in [0.2, 0.25) is 0 Å². The van der Waals surface area contributed by atoms with Crippen LogP contribution in [0.15, 0.2) is 23.6 Å². The van der Waals surface area contributed by atoms with Crippen molar-refractivity contribution in [2.24, 2.45) is 0 Å². The lowest BCUT2D eigenvalue weighted by Crippen LogP contribution is -2.48. The monoisotopic (exact) mass is 404 g/mol. The molecule has 0 atom stereocenters. The largest absolute Gasteiger partial charge is 0.497 e. The Balaban J connectivity index is 1.66. The van der Waals surface area contributed by atoms with E-state index in [1.165, 1.54) is 25.6 Å². The van der Waals surface area contributed by atoms with E-state index >= 15 is 0 Å². The molecule has 1 N–H and O–H groups in total. The number of aromatic nitrogens is 1. The van der Waals surface area contributed by atoms with Gasteiger partial charge in [-0.3, -0.25) is 14.9 Å². The van der Waals surface area contributed by atoms with Crippen LogP contribution >= 0.6 is 11.3 Å². The quantitative estimate of drug-likeness (QED) is 0.795. The summed E-state index contributed by atoms with van der Waals surface area (Å²) in [6, 6.07) is 4.92. The number of rotatable bonds is 6. The third-order valence-corrected chi connectivity index (χ3v) is 5.42. The number of thiazole rings is 1. The Hall–Kier alpha value is -2.65. The van der Waals surface area contributed by atoms with Crippen LogP contribution in [0.25, 0.3) is 0 Å². The minimum atomic E-state index is -0.345. The molecule has 2 amide bonds. The van der Waals surface area contributed by atoms with E-state index in [-0.39, 0.29) is 11.8 Å². The number of nitrogens with one attached hydrogen (secondary N) is 1. The maximum absolute atomic E-state index is 12.6. The van der Waals surface area contributed by atoms with Gasteiger partial charge in [0.05, 0.1) is 14.2 Å². The van der Waals surface area contributed by atoms with Crippen LogP contribution in [-0.4, -0.2) is 73.5 Å². The van der Waals surface area contributed by atoms with Crippen LogP contribution in [0.3, 0.4) is 0 Å². The van der Waals surface area contributed by atoms with Gasteiger partial charge in [0.15, 0.2) is 5.13 Å². The standard InChI is InChI=1S/C19H24N4O4S/c1-4-22-5-7-23(8-6-22)18(25)16-12-28-19(20-16)21-17(24)13-9-14(26-2)11-15(10-13)27-3/h9-12H,4-8H2,1-3H3,(H,20,21,24). The zero-order valence-corrected chi connectivity index (χ0v) is 17.0. The average molecular weight is 404 g/mol. The van der Waals surface area contributed by atoms with Gasteiger partial charge in [-0.05, 0) is 18.7 Å². The molecule has 9 heteroatoms. The van der Waals surface area contributed by atoms with Crippen molar-refractivity contribution in [1.29, 1.82) is 0 Å². The van der Waals surface area contributed by atoms with Crippen molar-refractivity contribution in [3.8, 4) is 11.5 Å². The topological polar surface area (TPSA) is 84.0 Å². The molecule has 1 aliphatic heterocycles. The second-order valence-corrected chi connectivity index (χ2v) is 7.18. The van der Waals surface area contributed by atoms with Gasteiger partial charge in [0.2, 0.25) is 0 Å². The number of amides is 2. The number of likely N-dealkylation sites (N-methyl/N-ethyl adjacent to an activating group) is 1. The molecule has 1 aromatic heterocycles. The summed E-state index contributed by atoms with van der Waals surface area (Å²) in [5.41, 5.74) is 0.739. The predicted molar refractivity (Wildman–Crippen MR) is 108 cm³/mol. The van der Waals surface area contributed by atoms with Crippen molar-refractivity contribution >= 4 is 28.3 Å². The van der Waals surface area contributed by atoms with Crippen LogP contribution in [0.4, 0.5) is 5.13 Å². The Morgan fingerprint density at radius 1 is 1.11 bits per heavy atom. The van der Waals surface area contributed by atoms with Crippen LogP contribution in [-0.2, 0) is 0 Å². The van der Waals surface area contributed by atoms with Crippen molar-refractivity contribution in [1.82, 2.24) is 14.8 Å². The summed E-state index contributed by atoms with van der Waals surface area (Å²) in [5.74, 6) is 0.592. The summed E-state index contributed by atoms with van der Waals surface area (Å²) in [4.78, 5) is 33.6. The lowest BCUT2D eigenvalue weighted by atomic mass is 10.2. The van der Waals surface area contributed by atoms with Gasteiger partial charge in [-0.2, -0.15) is 0 Å². The molecule has 0 radical (unpaired) electrons. The molecule has 8 nitrogen and oxygen atoms in total. The summed E-state index contributed by atoms with van der Waals surface area (Å²) in [7, 11) is 3.05. The lowest BCUT2D eigenvalue weighted by Gasteiger charge is -2.33. The van der Waals surface area contributed by atoms with E-state index in [1.54, 1.807) is 28.5 Å². The van der Waals surface area contributed by atoms with E-state index in [0.29, 0.717) is 41.0 Å². The van der Waals surface area contributed by atoms with Crippen molar-refractivity contribution < 1.29 is 19.1 Å². The Kier molecular flexibility index (Phi) is 6.48. The fourth-order valence-electron chi connectivity index (χ4n) is 2.97. The maximum Gasteiger partial charge on any atom is 0.273 e. The molecule has 2 aromatic rings. The fourth-order valence-corrected chi connectivity index (χ4v) is 3.65. The summed E-state index contributed by atoms with van der Waals surface area (Å²) in [6.07, 6.45) is 0. The first-order valence-corrected chi connectivity index (χ1v) is 9.93. The normalized spacial score (nSPS) is 14.6. The van der Waals surface area contributed by atoms with Gasteiger partial charge in [-0.15, -0.1) is 11.3 Å². The van der Waals surface area contributed by atoms with E-state index in [1.807, 2.05) is 0 Å². The molecule has 1 aliphatic rings. The average Bonchev–Trinajstić information content (AvgIpc) is 3.21. The highest BCUT2D eigenvalue weighted by Crippen LogP contribution is 2.24. The molecule has 0 unspecified atom stereocenters. The summed E-state index contributed by atoms with van der Waals surface area (Å²) in [6.45, 7) is 6.22. The van der Waals surface area contributed by atoms with E-state index in [2.05, 4.69) is 22.1 Å². The van der Waals surface area contributed by atoms with E-state index in [0.717, 1.165) is 19.6 Å². The SMILES string of the molecule is CCN1CCN(C(=O)c2csc(NC(=O)c3cc(OC)cc(OC)c3)n2)CC1. The molecule has 28 heavy (non-hydrogen) atoms. The molecule has 0 aliphatic carbocycles. The van der Waals surface area contributed by atoms with E-state index < -0.39 is 0 Å². The maximum atomic E-state index is 12.6. The minimum absolute atomic E-state index is 0.101. The molecule has 2 heterocycles. The Morgan fingerprint density at radius 2 is 1.75 bits per heavy atom. The van der Waals surface area contributed by atoms with Gasteiger partial charge in [-0.1, -0.05) is 6.92 Å². The first-order chi connectivity index (χ1) is 13.5. The molecular weight excluding hydrogens is 380 g/mol. The number of hydrogen-bond donors (Lipinski definition) is 1. The smallest absolute Gasteiger partial charge is 0.273 e. The van der Waals surface area contributed by atoms with Gasteiger partial charge in [-0.25, -0.2) is 4.98 Å². The number of ether oxygens (including phenoxy) is 2. The van der Waals surface area contributed by atoms with Crippen molar-refractivity contribution in [3.05, 3.63) is 34.8 Å². The molecule has 0 saturated carbocycles. The lowest BCUT2D eigenvalue weighted by molar-refractivity contribution is 0.0638. The van der Waals surface area contributed by atoms with Crippen molar-refractivity contribution in [2.45, 2.75) is 6.92 Å². The third-order valence-electron chi connectivity index (χ3n) is 4.66. The first-order valence-electron chi connectivity index (χ1n) is 9.05. The third kappa shape index (κ3) is 4.60. The van der Waals surface area contributed by atoms with Crippen molar-refractivity contribution in [2.75, 3.05) is 52.3 Å². The van der Waals surface area contributed by atoms with E-state index in [4.69, 9.17) is 9.47 Å². The highest BCUT2D eigenvalue weighted by molar-refractivity contribution is 7.14.